The Morgan fingerprint density at radius 3 is 3.00 bits per heavy atom. The van der Waals surface area contributed by atoms with Gasteiger partial charge in [0.1, 0.15) is 11.8 Å². The highest BCUT2D eigenvalue weighted by molar-refractivity contribution is 9.09. The van der Waals surface area contributed by atoms with Gasteiger partial charge < -0.3 is 9.73 Å². The van der Waals surface area contributed by atoms with E-state index in [9.17, 15) is 4.79 Å². The summed E-state index contributed by atoms with van der Waals surface area (Å²) in [6.07, 6.45) is 1.49. The first kappa shape index (κ1) is 10.2. The molecule has 15 heavy (non-hydrogen) atoms. The fourth-order valence-electron chi connectivity index (χ4n) is 1.41. The van der Waals surface area contributed by atoms with Gasteiger partial charge in [-0.05, 0) is 6.07 Å². The van der Waals surface area contributed by atoms with Crippen LogP contribution in [0.3, 0.4) is 0 Å². The molecule has 0 aliphatic rings. The van der Waals surface area contributed by atoms with Crippen molar-refractivity contribution in [1.29, 1.82) is 0 Å². The minimum absolute atomic E-state index is 0.0978. The summed E-state index contributed by atoms with van der Waals surface area (Å²) < 4.78 is 5.28. The number of carbonyl (C=O) groups excluding carboxylic acids is 1. The van der Waals surface area contributed by atoms with Crippen LogP contribution in [0.2, 0.25) is 0 Å². The van der Waals surface area contributed by atoms with E-state index in [2.05, 4.69) is 21.2 Å². The summed E-state index contributed by atoms with van der Waals surface area (Å²) in [5.74, 6) is -0.0978. The number of benzene rings is 1. The van der Waals surface area contributed by atoms with E-state index < -0.39 is 0 Å². The Bertz CT molecular complexity index is 478. The van der Waals surface area contributed by atoms with Crippen LogP contribution in [0.4, 0.5) is 0 Å². The molecule has 3 nitrogen and oxygen atoms in total. The molecule has 1 aromatic carbocycles. The fraction of sp³-hybridized carbons (Fsp3) is 0.182. The van der Waals surface area contributed by atoms with Gasteiger partial charge >= 0.3 is 0 Å². The number of nitrogens with one attached hydrogen (secondary N) is 1. The van der Waals surface area contributed by atoms with Crippen LogP contribution in [0.25, 0.3) is 11.0 Å². The third-order valence-electron chi connectivity index (χ3n) is 2.11. The van der Waals surface area contributed by atoms with Crippen molar-refractivity contribution >= 4 is 32.8 Å². The summed E-state index contributed by atoms with van der Waals surface area (Å²) in [6, 6.07) is 7.49. The number of amides is 1. The van der Waals surface area contributed by atoms with Crippen molar-refractivity contribution in [2.45, 2.75) is 0 Å². The molecular formula is C11H10BrNO2. The normalized spacial score (nSPS) is 10.5. The minimum Gasteiger partial charge on any atom is -0.463 e. The van der Waals surface area contributed by atoms with Gasteiger partial charge in [0.15, 0.2) is 0 Å². The lowest BCUT2D eigenvalue weighted by molar-refractivity contribution is 0.0957. The summed E-state index contributed by atoms with van der Waals surface area (Å²) in [6.45, 7) is 0.609. The second kappa shape index (κ2) is 4.49. The number of carbonyl (C=O) groups is 1. The van der Waals surface area contributed by atoms with Crippen molar-refractivity contribution in [3.8, 4) is 0 Å². The Hall–Kier alpha value is -1.29. The molecule has 0 fully saturated rings. The zero-order valence-corrected chi connectivity index (χ0v) is 9.58. The van der Waals surface area contributed by atoms with Gasteiger partial charge in [-0.15, -0.1) is 0 Å². The molecule has 1 aromatic heterocycles. The smallest absolute Gasteiger partial charge is 0.255 e. The van der Waals surface area contributed by atoms with E-state index in [4.69, 9.17) is 4.42 Å². The maximum Gasteiger partial charge on any atom is 0.255 e. The van der Waals surface area contributed by atoms with Crippen LogP contribution in [0.5, 0.6) is 0 Å². The monoisotopic (exact) mass is 267 g/mol. The molecule has 0 aliphatic heterocycles. The molecule has 0 aliphatic carbocycles. The molecular weight excluding hydrogens is 258 g/mol. The molecule has 0 unspecified atom stereocenters. The molecule has 1 heterocycles. The molecule has 4 heteroatoms. The number of hydrogen-bond donors (Lipinski definition) is 1. The molecule has 0 saturated heterocycles. The minimum atomic E-state index is -0.0978. The zero-order valence-electron chi connectivity index (χ0n) is 8.00. The Morgan fingerprint density at radius 1 is 1.40 bits per heavy atom. The van der Waals surface area contributed by atoms with Crippen LogP contribution in [0, 0.1) is 0 Å². The zero-order chi connectivity index (χ0) is 10.7. The predicted molar refractivity (Wildman–Crippen MR) is 62.3 cm³/mol. The molecule has 2 aromatic rings. The number of hydrogen-bond acceptors (Lipinski definition) is 2. The summed E-state index contributed by atoms with van der Waals surface area (Å²) in [4.78, 5) is 11.7. The third-order valence-corrected chi connectivity index (χ3v) is 2.50. The van der Waals surface area contributed by atoms with E-state index in [1.165, 1.54) is 6.26 Å². The van der Waals surface area contributed by atoms with Gasteiger partial charge in [0.05, 0.1) is 5.56 Å². The average Bonchev–Trinajstić information content (AvgIpc) is 2.69. The lowest BCUT2D eigenvalue weighted by Gasteiger charge is -1.99. The van der Waals surface area contributed by atoms with E-state index in [0.29, 0.717) is 12.1 Å². The van der Waals surface area contributed by atoms with Gasteiger partial charge in [0, 0.05) is 17.3 Å². The maximum atomic E-state index is 11.7. The predicted octanol–water partition coefficient (Wildman–Crippen LogP) is 2.56. The topological polar surface area (TPSA) is 42.2 Å². The Balaban J connectivity index is 2.31. The molecule has 2 rings (SSSR count). The molecule has 78 valence electrons. The fourth-order valence-corrected chi connectivity index (χ4v) is 1.61. The molecule has 0 radical (unpaired) electrons. The third kappa shape index (κ3) is 2.04. The first-order valence-electron chi connectivity index (χ1n) is 4.63. The van der Waals surface area contributed by atoms with Gasteiger partial charge in [-0.1, -0.05) is 34.1 Å². The van der Waals surface area contributed by atoms with Gasteiger partial charge in [-0.2, -0.15) is 0 Å². The van der Waals surface area contributed by atoms with Crippen LogP contribution < -0.4 is 5.32 Å². The average molecular weight is 268 g/mol. The van der Waals surface area contributed by atoms with Gasteiger partial charge in [-0.25, -0.2) is 0 Å². The highest BCUT2D eigenvalue weighted by Gasteiger charge is 2.11. The Morgan fingerprint density at radius 2 is 2.20 bits per heavy atom. The summed E-state index contributed by atoms with van der Waals surface area (Å²) in [7, 11) is 0. The van der Waals surface area contributed by atoms with E-state index in [-0.39, 0.29) is 5.91 Å². The molecule has 1 amide bonds. The number of furan rings is 1. The Labute approximate surface area is 95.6 Å². The number of rotatable bonds is 3. The number of alkyl halides is 1. The van der Waals surface area contributed by atoms with Crippen molar-refractivity contribution in [3.05, 3.63) is 36.1 Å². The molecule has 0 bridgehead atoms. The van der Waals surface area contributed by atoms with E-state index in [0.717, 1.165) is 16.3 Å². The van der Waals surface area contributed by atoms with E-state index in [1.807, 2.05) is 24.3 Å². The lowest BCUT2D eigenvalue weighted by atomic mass is 10.1. The second-order valence-corrected chi connectivity index (χ2v) is 3.88. The van der Waals surface area contributed by atoms with Crippen molar-refractivity contribution in [2.75, 3.05) is 11.9 Å². The first-order valence-corrected chi connectivity index (χ1v) is 5.75. The SMILES string of the molecule is O=C(NCCBr)c1coc2ccccc12. The molecule has 0 spiro atoms. The van der Waals surface area contributed by atoms with Crippen LogP contribution in [0.1, 0.15) is 10.4 Å². The Kier molecular flexibility index (Phi) is 3.06. The van der Waals surface area contributed by atoms with Crippen molar-refractivity contribution < 1.29 is 9.21 Å². The largest absolute Gasteiger partial charge is 0.463 e. The number of fused-ring (bicyclic) bond motifs is 1. The first-order chi connectivity index (χ1) is 7.33. The number of para-hydroxylation sites is 1. The summed E-state index contributed by atoms with van der Waals surface area (Å²) in [5, 5.41) is 4.38. The molecule has 0 atom stereocenters. The van der Waals surface area contributed by atoms with Crippen LogP contribution in [0.15, 0.2) is 34.9 Å². The molecule has 1 N–H and O–H groups in total. The summed E-state index contributed by atoms with van der Waals surface area (Å²) >= 11 is 3.25. The van der Waals surface area contributed by atoms with Crippen molar-refractivity contribution in [2.24, 2.45) is 0 Å². The van der Waals surface area contributed by atoms with Gasteiger partial charge in [0.25, 0.3) is 5.91 Å². The van der Waals surface area contributed by atoms with Gasteiger partial charge in [0.2, 0.25) is 0 Å². The molecule has 0 saturated carbocycles. The van der Waals surface area contributed by atoms with Gasteiger partial charge in [-0.3, -0.25) is 4.79 Å². The highest BCUT2D eigenvalue weighted by Crippen LogP contribution is 2.20. The standard InChI is InChI=1S/C11H10BrNO2/c12-5-6-13-11(14)9-7-15-10-4-2-1-3-8(9)10/h1-4,7H,5-6H2,(H,13,14). The highest BCUT2D eigenvalue weighted by atomic mass is 79.9. The van der Waals surface area contributed by atoms with E-state index >= 15 is 0 Å². The lowest BCUT2D eigenvalue weighted by Crippen LogP contribution is -2.24. The summed E-state index contributed by atoms with van der Waals surface area (Å²) in [5.41, 5.74) is 1.33. The quantitative estimate of drug-likeness (QED) is 0.869. The van der Waals surface area contributed by atoms with Crippen molar-refractivity contribution in [1.82, 2.24) is 5.32 Å². The van der Waals surface area contributed by atoms with Crippen molar-refractivity contribution in [3.63, 3.8) is 0 Å². The van der Waals surface area contributed by atoms with E-state index in [1.54, 1.807) is 0 Å². The maximum absolute atomic E-state index is 11.7. The van der Waals surface area contributed by atoms with Crippen LogP contribution >= 0.6 is 15.9 Å². The second-order valence-electron chi connectivity index (χ2n) is 3.09. The van der Waals surface area contributed by atoms with Crippen LogP contribution in [-0.4, -0.2) is 17.8 Å². The number of halogens is 1. The van der Waals surface area contributed by atoms with Crippen LogP contribution in [-0.2, 0) is 0 Å².